The SMILES string of the molecule is CC(C)(C)c1cc(C(C)(C)C)c2oc(-c3ccc(C=Cc4ccc(-c5nc6cc(C(C)(C)C)cc(C(C)(C)C)c6o5)cc4)cc3)nc2c1. The van der Waals surface area contributed by atoms with Crippen molar-refractivity contribution in [2.24, 2.45) is 0 Å². The average Bonchev–Trinajstić information content (AvgIpc) is 3.62. The lowest BCUT2D eigenvalue weighted by Crippen LogP contribution is -2.16. The van der Waals surface area contributed by atoms with Crippen LogP contribution >= 0.6 is 0 Å². The van der Waals surface area contributed by atoms with Crippen molar-refractivity contribution in [3.05, 3.63) is 106 Å². The highest BCUT2D eigenvalue weighted by molar-refractivity contribution is 5.83. The predicted octanol–water partition coefficient (Wildman–Crippen LogP) is 12.7. The molecule has 4 heteroatoms. The van der Waals surface area contributed by atoms with E-state index in [0.29, 0.717) is 11.8 Å². The number of rotatable bonds is 4. The van der Waals surface area contributed by atoms with Crippen LogP contribution in [-0.4, -0.2) is 9.97 Å². The largest absolute Gasteiger partial charge is 0.436 e. The zero-order valence-corrected chi connectivity index (χ0v) is 30.8. The highest BCUT2D eigenvalue weighted by Crippen LogP contribution is 2.39. The Hall–Kier alpha value is -4.44. The van der Waals surface area contributed by atoms with E-state index in [-0.39, 0.29) is 21.7 Å². The second-order valence-corrected chi connectivity index (χ2v) is 17.4. The van der Waals surface area contributed by atoms with Crippen LogP contribution in [0, 0.1) is 0 Å². The van der Waals surface area contributed by atoms with Gasteiger partial charge >= 0.3 is 0 Å². The monoisotopic (exact) mass is 638 g/mol. The molecule has 0 aliphatic carbocycles. The van der Waals surface area contributed by atoms with Gasteiger partial charge in [-0.25, -0.2) is 9.97 Å². The van der Waals surface area contributed by atoms with Crippen molar-refractivity contribution < 1.29 is 8.83 Å². The van der Waals surface area contributed by atoms with Gasteiger partial charge < -0.3 is 8.83 Å². The van der Waals surface area contributed by atoms with Crippen LogP contribution in [0.4, 0.5) is 0 Å². The number of benzene rings is 4. The van der Waals surface area contributed by atoms with Crippen LogP contribution in [0.2, 0.25) is 0 Å². The number of hydrogen-bond acceptors (Lipinski definition) is 4. The fourth-order valence-corrected chi connectivity index (χ4v) is 5.96. The summed E-state index contributed by atoms with van der Waals surface area (Å²) >= 11 is 0. The fraction of sp³-hybridized carbons (Fsp3) is 0.364. The topological polar surface area (TPSA) is 52.1 Å². The highest BCUT2D eigenvalue weighted by Gasteiger charge is 2.27. The molecular weight excluding hydrogens is 588 g/mol. The third-order valence-electron chi connectivity index (χ3n) is 9.11. The van der Waals surface area contributed by atoms with E-state index < -0.39 is 0 Å². The molecule has 6 rings (SSSR count). The van der Waals surface area contributed by atoms with Gasteiger partial charge in [0.15, 0.2) is 11.2 Å². The lowest BCUT2D eigenvalue weighted by atomic mass is 9.80. The Morgan fingerprint density at radius 1 is 0.438 bits per heavy atom. The first kappa shape index (κ1) is 33.5. The number of hydrogen-bond donors (Lipinski definition) is 0. The van der Waals surface area contributed by atoms with E-state index in [2.05, 4.69) is 168 Å². The summed E-state index contributed by atoms with van der Waals surface area (Å²) < 4.78 is 12.8. The van der Waals surface area contributed by atoms with Crippen molar-refractivity contribution in [2.75, 3.05) is 0 Å². The number of nitrogens with zero attached hydrogens (tertiary/aromatic N) is 2. The molecule has 2 aromatic heterocycles. The summed E-state index contributed by atoms with van der Waals surface area (Å²) in [6.45, 7) is 26.8. The first-order valence-electron chi connectivity index (χ1n) is 17.1. The van der Waals surface area contributed by atoms with Crippen LogP contribution in [-0.2, 0) is 21.7 Å². The zero-order valence-electron chi connectivity index (χ0n) is 30.8. The molecule has 0 saturated carbocycles. The van der Waals surface area contributed by atoms with E-state index in [1.807, 2.05) is 0 Å². The van der Waals surface area contributed by atoms with Gasteiger partial charge in [0.05, 0.1) is 0 Å². The Morgan fingerprint density at radius 2 is 0.771 bits per heavy atom. The quantitative estimate of drug-likeness (QED) is 0.180. The van der Waals surface area contributed by atoms with Gasteiger partial charge in [-0.3, -0.25) is 0 Å². The van der Waals surface area contributed by atoms with Crippen molar-refractivity contribution in [2.45, 2.75) is 105 Å². The van der Waals surface area contributed by atoms with Gasteiger partial charge in [0, 0.05) is 22.3 Å². The second kappa shape index (κ2) is 11.6. The molecule has 0 spiro atoms. The van der Waals surface area contributed by atoms with Gasteiger partial charge in [0.1, 0.15) is 11.0 Å². The van der Waals surface area contributed by atoms with E-state index >= 15 is 0 Å². The number of oxazole rings is 2. The summed E-state index contributed by atoms with van der Waals surface area (Å²) in [7, 11) is 0. The first-order chi connectivity index (χ1) is 22.3. The van der Waals surface area contributed by atoms with Crippen LogP contribution in [0.3, 0.4) is 0 Å². The number of fused-ring (bicyclic) bond motifs is 2. The molecule has 0 saturated heterocycles. The smallest absolute Gasteiger partial charge is 0.227 e. The normalized spacial score (nSPS) is 13.3. The van der Waals surface area contributed by atoms with Gasteiger partial charge in [-0.15, -0.1) is 0 Å². The minimum absolute atomic E-state index is 0.0263. The van der Waals surface area contributed by atoms with Crippen molar-refractivity contribution in [1.82, 2.24) is 9.97 Å². The summed E-state index contributed by atoms with van der Waals surface area (Å²) in [4.78, 5) is 9.87. The summed E-state index contributed by atoms with van der Waals surface area (Å²) in [6, 6.07) is 25.7. The molecule has 0 radical (unpaired) electrons. The average molecular weight is 639 g/mol. The van der Waals surface area contributed by atoms with Crippen molar-refractivity contribution in [3.63, 3.8) is 0 Å². The molecule has 0 bridgehead atoms. The van der Waals surface area contributed by atoms with E-state index in [4.69, 9.17) is 18.8 Å². The molecule has 0 fully saturated rings. The zero-order chi connectivity index (χ0) is 34.8. The molecule has 0 N–H and O–H groups in total. The van der Waals surface area contributed by atoms with Crippen molar-refractivity contribution in [1.29, 1.82) is 0 Å². The summed E-state index contributed by atoms with van der Waals surface area (Å²) in [6.07, 6.45) is 4.25. The molecule has 0 atom stereocenters. The molecule has 0 unspecified atom stereocenters. The maximum absolute atomic E-state index is 6.42. The lowest BCUT2D eigenvalue weighted by Gasteiger charge is -2.24. The van der Waals surface area contributed by atoms with Crippen LogP contribution in [0.25, 0.3) is 57.3 Å². The van der Waals surface area contributed by atoms with Crippen molar-refractivity contribution >= 4 is 34.4 Å². The summed E-state index contributed by atoms with van der Waals surface area (Å²) in [5.74, 6) is 1.30. The molecular formula is C44H50N2O2. The molecule has 0 amide bonds. The van der Waals surface area contributed by atoms with E-state index in [1.54, 1.807) is 0 Å². The number of aromatic nitrogens is 2. The van der Waals surface area contributed by atoms with Gasteiger partial charge in [-0.05, 0) is 80.3 Å². The maximum atomic E-state index is 6.42. The van der Waals surface area contributed by atoms with Crippen LogP contribution in [0.15, 0.2) is 81.6 Å². The van der Waals surface area contributed by atoms with Gasteiger partial charge in [0.25, 0.3) is 0 Å². The molecule has 4 nitrogen and oxygen atoms in total. The van der Waals surface area contributed by atoms with Crippen molar-refractivity contribution in [3.8, 4) is 22.9 Å². The van der Waals surface area contributed by atoms with E-state index in [1.165, 1.54) is 22.3 Å². The fourth-order valence-electron chi connectivity index (χ4n) is 5.96. The van der Waals surface area contributed by atoms with E-state index in [9.17, 15) is 0 Å². The molecule has 2 heterocycles. The van der Waals surface area contributed by atoms with Crippen LogP contribution in [0.1, 0.15) is 116 Å². The van der Waals surface area contributed by atoms with Gasteiger partial charge in [-0.1, -0.05) is 132 Å². The summed E-state index contributed by atoms with van der Waals surface area (Å²) in [5, 5.41) is 0. The Morgan fingerprint density at radius 3 is 1.06 bits per heavy atom. The van der Waals surface area contributed by atoms with Gasteiger partial charge in [-0.2, -0.15) is 0 Å². The third-order valence-corrected chi connectivity index (χ3v) is 9.11. The third kappa shape index (κ3) is 6.76. The highest BCUT2D eigenvalue weighted by atomic mass is 16.4. The van der Waals surface area contributed by atoms with E-state index in [0.717, 1.165) is 44.5 Å². The predicted molar refractivity (Wildman–Crippen MR) is 203 cm³/mol. The Labute approximate surface area is 286 Å². The summed E-state index contributed by atoms with van der Waals surface area (Å²) in [5.41, 5.74) is 12.6. The standard InChI is InChI=1S/C44H50N2O2/c1-41(2,3)31-23-33(43(7,8)9)37-35(25-31)45-39(47-37)29-19-15-27(16-20-29)13-14-28-17-21-30(22-18-28)40-46-36-26-32(42(4,5)6)24-34(38(36)48-40)44(10,11)12/h13-26H,1-12H3. The Bertz CT molecular complexity index is 1970. The molecule has 6 aromatic rings. The Kier molecular flexibility index (Phi) is 8.10. The molecule has 48 heavy (non-hydrogen) atoms. The second-order valence-electron chi connectivity index (χ2n) is 17.4. The first-order valence-corrected chi connectivity index (χ1v) is 17.1. The minimum Gasteiger partial charge on any atom is -0.436 e. The minimum atomic E-state index is -0.0579. The van der Waals surface area contributed by atoms with Crippen LogP contribution in [0.5, 0.6) is 0 Å². The lowest BCUT2D eigenvalue weighted by molar-refractivity contribution is 0.551. The molecule has 0 aliphatic rings. The molecule has 248 valence electrons. The Balaban J connectivity index is 1.23. The maximum Gasteiger partial charge on any atom is 0.227 e. The molecule has 0 aliphatic heterocycles. The van der Waals surface area contributed by atoms with Crippen LogP contribution < -0.4 is 0 Å². The van der Waals surface area contributed by atoms with Gasteiger partial charge in [0.2, 0.25) is 11.8 Å². The molecule has 4 aromatic carbocycles.